The molecule has 2 aliphatic rings. The normalized spacial score (nSPS) is 18.3. The van der Waals surface area contributed by atoms with Gasteiger partial charge in [0.05, 0.1) is 32.5 Å². The number of benzene rings is 2. The van der Waals surface area contributed by atoms with Gasteiger partial charge in [-0.15, -0.1) is 0 Å². The zero-order valence-electron chi connectivity index (χ0n) is 17.3. The van der Waals surface area contributed by atoms with Gasteiger partial charge in [-0.3, -0.25) is 4.79 Å². The minimum Gasteiger partial charge on any atom is -0.497 e. The van der Waals surface area contributed by atoms with Crippen LogP contribution in [0.15, 0.2) is 30.3 Å². The van der Waals surface area contributed by atoms with Crippen molar-refractivity contribution in [2.24, 2.45) is 0 Å². The Morgan fingerprint density at radius 3 is 2.70 bits per heavy atom. The molecule has 2 aromatic carbocycles. The maximum Gasteiger partial charge on any atom is 0.242 e. The molecule has 0 aliphatic carbocycles. The monoisotopic (exact) mass is 416 g/mol. The van der Waals surface area contributed by atoms with E-state index in [1.165, 1.54) is 6.07 Å². The maximum atomic E-state index is 14.5. The van der Waals surface area contributed by atoms with Crippen LogP contribution in [-0.2, 0) is 11.2 Å². The van der Waals surface area contributed by atoms with Crippen LogP contribution in [0.4, 0.5) is 14.5 Å². The van der Waals surface area contributed by atoms with Crippen molar-refractivity contribution in [1.82, 2.24) is 4.90 Å². The second-order valence-corrected chi connectivity index (χ2v) is 7.77. The zero-order chi connectivity index (χ0) is 21.3. The third kappa shape index (κ3) is 3.80. The summed E-state index contributed by atoms with van der Waals surface area (Å²) in [5.74, 6) is 0.164. The molecule has 4 rings (SSSR count). The van der Waals surface area contributed by atoms with E-state index in [0.29, 0.717) is 42.3 Å². The molecule has 1 fully saturated rings. The van der Waals surface area contributed by atoms with Gasteiger partial charge in [0.1, 0.15) is 23.1 Å². The highest BCUT2D eigenvalue weighted by atomic mass is 19.1. The SMILES string of the molecule is COc1ccc(OC)c(C2CCCN2C(=O)CN2CCCc3cc(F)cc(F)c32)c1. The lowest BCUT2D eigenvalue weighted by molar-refractivity contribution is -0.130. The van der Waals surface area contributed by atoms with Crippen LogP contribution >= 0.6 is 0 Å². The molecular weight excluding hydrogens is 390 g/mol. The molecule has 0 bridgehead atoms. The number of aryl methyl sites for hydroxylation is 1. The van der Waals surface area contributed by atoms with Crippen molar-refractivity contribution in [1.29, 1.82) is 0 Å². The number of fused-ring (bicyclic) bond motifs is 1. The number of hydrogen-bond donors (Lipinski definition) is 0. The van der Waals surface area contributed by atoms with E-state index in [0.717, 1.165) is 30.9 Å². The molecule has 0 aromatic heterocycles. The number of hydrogen-bond acceptors (Lipinski definition) is 4. The summed E-state index contributed by atoms with van der Waals surface area (Å²) in [7, 11) is 3.22. The van der Waals surface area contributed by atoms with E-state index < -0.39 is 11.6 Å². The Morgan fingerprint density at radius 1 is 1.10 bits per heavy atom. The summed E-state index contributed by atoms with van der Waals surface area (Å²) >= 11 is 0. The fourth-order valence-electron chi connectivity index (χ4n) is 4.64. The molecule has 1 unspecified atom stereocenters. The summed E-state index contributed by atoms with van der Waals surface area (Å²) in [6.07, 6.45) is 3.08. The molecule has 160 valence electrons. The van der Waals surface area contributed by atoms with Gasteiger partial charge in [0.2, 0.25) is 5.91 Å². The molecule has 2 heterocycles. The number of rotatable bonds is 5. The van der Waals surface area contributed by atoms with Crippen LogP contribution in [0.5, 0.6) is 11.5 Å². The topological polar surface area (TPSA) is 42.0 Å². The highest BCUT2D eigenvalue weighted by molar-refractivity contribution is 5.83. The van der Waals surface area contributed by atoms with Crippen LogP contribution in [0.2, 0.25) is 0 Å². The summed E-state index contributed by atoms with van der Waals surface area (Å²) in [6, 6.07) is 7.73. The van der Waals surface area contributed by atoms with Crippen molar-refractivity contribution >= 4 is 11.6 Å². The summed E-state index contributed by atoms with van der Waals surface area (Å²) in [4.78, 5) is 16.8. The Bertz CT molecular complexity index is 950. The molecule has 1 atom stereocenters. The third-order valence-corrected chi connectivity index (χ3v) is 5.99. The first kappa shape index (κ1) is 20.4. The van der Waals surface area contributed by atoms with Gasteiger partial charge in [-0.1, -0.05) is 0 Å². The summed E-state index contributed by atoms with van der Waals surface area (Å²) in [5, 5.41) is 0. The van der Waals surface area contributed by atoms with Gasteiger partial charge in [0.15, 0.2) is 0 Å². The first-order valence-electron chi connectivity index (χ1n) is 10.3. The average Bonchev–Trinajstić information content (AvgIpc) is 3.22. The Morgan fingerprint density at radius 2 is 1.93 bits per heavy atom. The van der Waals surface area contributed by atoms with E-state index in [9.17, 15) is 13.6 Å². The number of halogens is 2. The molecule has 7 heteroatoms. The summed E-state index contributed by atoms with van der Waals surface area (Å²) < 4.78 is 39.0. The van der Waals surface area contributed by atoms with Crippen LogP contribution in [0.25, 0.3) is 0 Å². The van der Waals surface area contributed by atoms with Crippen LogP contribution in [0.1, 0.15) is 36.4 Å². The lowest BCUT2D eigenvalue weighted by atomic mass is 10.0. The zero-order valence-corrected chi connectivity index (χ0v) is 17.3. The second kappa shape index (κ2) is 8.50. The minimum atomic E-state index is -0.607. The number of ether oxygens (including phenoxy) is 2. The number of amides is 1. The average molecular weight is 416 g/mol. The fraction of sp³-hybridized carbons (Fsp3) is 0.435. The van der Waals surface area contributed by atoms with Gasteiger partial charge in [0.25, 0.3) is 0 Å². The summed E-state index contributed by atoms with van der Waals surface area (Å²) in [5.41, 5.74) is 1.89. The Kier molecular flexibility index (Phi) is 5.79. The van der Waals surface area contributed by atoms with E-state index in [2.05, 4.69) is 0 Å². The number of anilines is 1. The first-order valence-corrected chi connectivity index (χ1v) is 10.3. The standard InChI is InChI=1S/C23H26F2N2O3/c1-29-17-7-8-21(30-2)18(13-17)20-6-4-10-27(20)22(28)14-26-9-3-5-15-11-16(24)12-19(25)23(15)26/h7-8,11-13,20H,3-6,9-10,14H2,1-2H3. The Labute approximate surface area is 175 Å². The van der Waals surface area contributed by atoms with Gasteiger partial charge in [-0.2, -0.15) is 0 Å². The van der Waals surface area contributed by atoms with E-state index >= 15 is 0 Å². The predicted octanol–water partition coefficient (Wildman–Crippen LogP) is 4.10. The molecule has 0 saturated carbocycles. The predicted molar refractivity (Wildman–Crippen MR) is 110 cm³/mol. The van der Waals surface area contributed by atoms with Gasteiger partial charge in [-0.05, 0) is 55.5 Å². The Balaban J connectivity index is 1.58. The lowest BCUT2D eigenvalue weighted by Gasteiger charge is -2.34. The molecule has 0 radical (unpaired) electrons. The quantitative estimate of drug-likeness (QED) is 0.736. The molecule has 1 amide bonds. The molecule has 30 heavy (non-hydrogen) atoms. The fourth-order valence-corrected chi connectivity index (χ4v) is 4.64. The van der Waals surface area contributed by atoms with E-state index in [-0.39, 0.29) is 18.5 Å². The molecule has 0 N–H and O–H groups in total. The maximum absolute atomic E-state index is 14.5. The van der Waals surface area contributed by atoms with Crippen LogP contribution < -0.4 is 14.4 Å². The number of nitrogens with zero attached hydrogens (tertiary/aromatic N) is 2. The van der Waals surface area contributed by atoms with E-state index in [1.807, 2.05) is 23.1 Å². The Hall–Kier alpha value is -2.83. The van der Waals surface area contributed by atoms with Crippen LogP contribution in [0, 0.1) is 11.6 Å². The number of methoxy groups -OCH3 is 2. The number of carbonyl (C=O) groups excluding carboxylic acids is 1. The third-order valence-electron chi connectivity index (χ3n) is 5.99. The van der Waals surface area contributed by atoms with Crippen molar-refractivity contribution in [2.75, 3.05) is 38.8 Å². The highest BCUT2D eigenvalue weighted by Crippen LogP contribution is 2.39. The molecule has 0 spiro atoms. The lowest BCUT2D eigenvalue weighted by Crippen LogP contribution is -2.42. The molecule has 2 aliphatic heterocycles. The number of carbonyl (C=O) groups is 1. The van der Waals surface area contributed by atoms with Crippen molar-refractivity contribution < 1.29 is 23.0 Å². The van der Waals surface area contributed by atoms with Crippen LogP contribution in [0.3, 0.4) is 0 Å². The molecular formula is C23H26F2N2O3. The first-order chi connectivity index (χ1) is 14.5. The van der Waals surface area contributed by atoms with E-state index in [4.69, 9.17) is 9.47 Å². The second-order valence-electron chi connectivity index (χ2n) is 7.77. The van der Waals surface area contributed by atoms with E-state index in [1.54, 1.807) is 19.1 Å². The van der Waals surface area contributed by atoms with Crippen LogP contribution in [-0.4, -0.2) is 44.7 Å². The minimum absolute atomic E-state index is 0.0678. The van der Waals surface area contributed by atoms with Gasteiger partial charge < -0.3 is 19.3 Å². The van der Waals surface area contributed by atoms with Crippen molar-refractivity contribution in [2.45, 2.75) is 31.7 Å². The van der Waals surface area contributed by atoms with Crippen molar-refractivity contribution in [3.8, 4) is 11.5 Å². The van der Waals surface area contributed by atoms with Crippen molar-refractivity contribution in [3.05, 3.63) is 53.1 Å². The van der Waals surface area contributed by atoms with Gasteiger partial charge in [-0.25, -0.2) is 8.78 Å². The van der Waals surface area contributed by atoms with Gasteiger partial charge >= 0.3 is 0 Å². The highest BCUT2D eigenvalue weighted by Gasteiger charge is 2.34. The van der Waals surface area contributed by atoms with Crippen molar-refractivity contribution in [3.63, 3.8) is 0 Å². The smallest absolute Gasteiger partial charge is 0.242 e. The molecule has 2 aromatic rings. The van der Waals surface area contributed by atoms with Gasteiger partial charge in [0, 0.05) is 24.7 Å². The molecule has 1 saturated heterocycles. The summed E-state index contributed by atoms with van der Waals surface area (Å²) in [6.45, 7) is 1.27. The molecule has 5 nitrogen and oxygen atoms in total. The number of likely N-dealkylation sites (tertiary alicyclic amines) is 1. The largest absolute Gasteiger partial charge is 0.497 e.